The maximum Gasteiger partial charge on any atom is 0.249 e. The van der Waals surface area contributed by atoms with Gasteiger partial charge < -0.3 is 9.84 Å². The second-order valence-electron chi connectivity index (χ2n) is 5.14. The van der Waals surface area contributed by atoms with Gasteiger partial charge in [0.15, 0.2) is 0 Å². The first-order valence-electron chi connectivity index (χ1n) is 7.47. The van der Waals surface area contributed by atoms with Crippen molar-refractivity contribution in [2.45, 2.75) is 32.4 Å². The topological polar surface area (TPSA) is 125 Å². The van der Waals surface area contributed by atoms with Gasteiger partial charge in [-0.2, -0.15) is 4.98 Å². The fourth-order valence-electron chi connectivity index (χ4n) is 2.07. The minimum absolute atomic E-state index is 0.104. The highest BCUT2D eigenvalue weighted by Crippen LogP contribution is 2.16. The van der Waals surface area contributed by atoms with E-state index in [1.54, 1.807) is 23.9 Å². The summed E-state index contributed by atoms with van der Waals surface area (Å²) in [6.07, 6.45) is 4.15. The van der Waals surface area contributed by atoms with E-state index in [4.69, 9.17) is 4.52 Å². The standard InChI is InChI=1S/C14H16N8O2/c1-10(17-12(23)6-4-8-22-9-16-20-21-22)14-18-13(19-24-14)11-5-2-3-7-15-11/h2-3,5,7,9-10H,4,6,8H2,1H3,(H,17,23). The Morgan fingerprint density at radius 3 is 3.08 bits per heavy atom. The van der Waals surface area contributed by atoms with Gasteiger partial charge in [0.2, 0.25) is 17.6 Å². The Balaban J connectivity index is 1.50. The molecule has 124 valence electrons. The molecule has 24 heavy (non-hydrogen) atoms. The molecule has 10 nitrogen and oxygen atoms in total. The normalized spacial score (nSPS) is 12.0. The number of aryl methyl sites for hydroxylation is 1. The molecule has 1 atom stereocenters. The van der Waals surface area contributed by atoms with E-state index >= 15 is 0 Å². The van der Waals surface area contributed by atoms with Gasteiger partial charge in [0.1, 0.15) is 18.1 Å². The number of carbonyl (C=O) groups excluding carboxylic acids is 1. The van der Waals surface area contributed by atoms with Crippen LogP contribution in [0.2, 0.25) is 0 Å². The molecule has 1 unspecified atom stereocenters. The average Bonchev–Trinajstić information content (AvgIpc) is 3.27. The molecule has 1 amide bonds. The van der Waals surface area contributed by atoms with E-state index in [0.717, 1.165) is 0 Å². The molecule has 0 aromatic carbocycles. The molecular formula is C14H16N8O2. The summed E-state index contributed by atoms with van der Waals surface area (Å²) in [5.74, 6) is 0.628. The second-order valence-corrected chi connectivity index (χ2v) is 5.14. The summed E-state index contributed by atoms with van der Waals surface area (Å²) in [5, 5.41) is 17.5. The van der Waals surface area contributed by atoms with Gasteiger partial charge in [0.05, 0.1) is 0 Å². The van der Waals surface area contributed by atoms with Crippen molar-refractivity contribution in [2.75, 3.05) is 0 Å². The third kappa shape index (κ3) is 3.97. The van der Waals surface area contributed by atoms with E-state index in [-0.39, 0.29) is 11.9 Å². The van der Waals surface area contributed by atoms with Crippen molar-refractivity contribution in [3.8, 4) is 11.5 Å². The Morgan fingerprint density at radius 2 is 2.33 bits per heavy atom. The summed E-state index contributed by atoms with van der Waals surface area (Å²) in [6, 6.07) is 5.06. The van der Waals surface area contributed by atoms with Gasteiger partial charge in [0, 0.05) is 19.2 Å². The lowest BCUT2D eigenvalue weighted by molar-refractivity contribution is -0.122. The second kappa shape index (κ2) is 7.40. The maximum absolute atomic E-state index is 12.0. The molecule has 0 radical (unpaired) electrons. The minimum atomic E-state index is -0.379. The molecule has 10 heteroatoms. The molecule has 0 saturated carbocycles. The largest absolute Gasteiger partial charge is 0.345 e. The summed E-state index contributed by atoms with van der Waals surface area (Å²) >= 11 is 0. The van der Waals surface area contributed by atoms with E-state index < -0.39 is 0 Å². The molecule has 0 spiro atoms. The summed E-state index contributed by atoms with van der Waals surface area (Å²) in [6.45, 7) is 2.37. The first kappa shape index (κ1) is 15.7. The van der Waals surface area contributed by atoms with Crippen LogP contribution in [0.25, 0.3) is 11.5 Å². The van der Waals surface area contributed by atoms with Crippen molar-refractivity contribution in [1.82, 2.24) is 40.6 Å². The number of rotatable bonds is 7. The van der Waals surface area contributed by atoms with Crippen LogP contribution in [0.15, 0.2) is 35.2 Å². The van der Waals surface area contributed by atoms with Crippen LogP contribution in [0, 0.1) is 0 Å². The van der Waals surface area contributed by atoms with Crippen LogP contribution in [0.4, 0.5) is 0 Å². The van der Waals surface area contributed by atoms with Gasteiger partial charge >= 0.3 is 0 Å². The van der Waals surface area contributed by atoms with E-state index in [2.05, 4.69) is 36.0 Å². The molecule has 3 aromatic rings. The van der Waals surface area contributed by atoms with Crippen molar-refractivity contribution < 1.29 is 9.32 Å². The lowest BCUT2D eigenvalue weighted by Crippen LogP contribution is -2.26. The number of hydrogen-bond donors (Lipinski definition) is 1. The van der Waals surface area contributed by atoms with Crippen molar-refractivity contribution in [3.63, 3.8) is 0 Å². The molecule has 0 bridgehead atoms. The highest BCUT2D eigenvalue weighted by Gasteiger charge is 2.17. The van der Waals surface area contributed by atoms with Gasteiger partial charge in [0.25, 0.3) is 0 Å². The number of nitrogens with one attached hydrogen (secondary N) is 1. The highest BCUT2D eigenvalue weighted by molar-refractivity contribution is 5.76. The van der Waals surface area contributed by atoms with E-state index in [0.29, 0.717) is 36.8 Å². The van der Waals surface area contributed by atoms with Crippen LogP contribution in [-0.2, 0) is 11.3 Å². The van der Waals surface area contributed by atoms with Crippen molar-refractivity contribution >= 4 is 5.91 Å². The minimum Gasteiger partial charge on any atom is -0.345 e. The summed E-state index contributed by atoms with van der Waals surface area (Å²) in [7, 11) is 0. The predicted octanol–water partition coefficient (Wildman–Crippen LogP) is 0.776. The molecule has 0 aliphatic heterocycles. The Morgan fingerprint density at radius 1 is 1.42 bits per heavy atom. The molecule has 0 saturated heterocycles. The zero-order chi connectivity index (χ0) is 16.8. The lowest BCUT2D eigenvalue weighted by atomic mass is 10.2. The Bertz CT molecular complexity index is 771. The highest BCUT2D eigenvalue weighted by atomic mass is 16.5. The Hall–Kier alpha value is -3.17. The van der Waals surface area contributed by atoms with Gasteiger partial charge in [-0.1, -0.05) is 11.2 Å². The van der Waals surface area contributed by atoms with Gasteiger partial charge in [-0.15, -0.1) is 5.10 Å². The van der Waals surface area contributed by atoms with Crippen LogP contribution in [0.5, 0.6) is 0 Å². The third-order valence-corrected chi connectivity index (χ3v) is 3.27. The number of amides is 1. The summed E-state index contributed by atoms with van der Waals surface area (Å²) in [5.41, 5.74) is 0.618. The molecule has 3 heterocycles. The zero-order valence-electron chi connectivity index (χ0n) is 13.0. The van der Waals surface area contributed by atoms with Crippen LogP contribution in [-0.4, -0.2) is 41.2 Å². The zero-order valence-corrected chi connectivity index (χ0v) is 13.0. The van der Waals surface area contributed by atoms with Crippen LogP contribution >= 0.6 is 0 Å². The van der Waals surface area contributed by atoms with E-state index in [9.17, 15) is 4.79 Å². The molecule has 3 aromatic heterocycles. The van der Waals surface area contributed by atoms with Crippen LogP contribution in [0.1, 0.15) is 31.7 Å². The van der Waals surface area contributed by atoms with Gasteiger partial charge in [-0.05, 0) is 35.9 Å². The monoisotopic (exact) mass is 328 g/mol. The molecule has 3 rings (SSSR count). The molecule has 0 aliphatic rings. The van der Waals surface area contributed by atoms with E-state index in [1.807, 2.05) is 12.1 Å². The number of hydrogen-bond acceptors (Lipinski definition) is 8. The molecule has 0 aliphatic carbocycles. The smallest absolute Gasteiger partial charge is 0.249 e. The van der Waals surface area contributed by atoms with Crippen molar-refractivity contribution in [3.05, 3.63) is 36.6 Å². The summed E-state index contributed by atoms with van der Waals surface area (Å²) < 4.78 is 6.78. The average molecular weight is 328 g/mol. The summed E-state index contributed by atoms with van der Waals surface area (Å²) in [4.78, 5) is 20.4. The lowest BCUT2D eigenvalue weighted by Gasteiger charge is -2.09. The SMILES string of the molecule is CC(NC(=O)CCCn1cnnn1)c1nc(-c2ccccn2)no1. The fourth-order valence-corrected chi connectivity index (χ4v) is 2.07. The molecule has 1 N–H and O–H groups in total. The van der Waals surface area contributed by atoms with Crippen LogP contribution in [0.3, 0.4) is 0 Å². The number of tetrazole rings is 1. The number of aromatic nitrogens is 7. The number of carbonyl (C=O) groups is 1. The van der Waals surface area contributed by atoms with Gasteiger partial charge in [-0.3, -0.25) is 9.78 Å². The molecular weight excluding hydrogens is 312 g/mol. The Labute approximate surface area is 137 Å². The van der Waals surface area contributed by atoms with Crippen molar-refractivity contribution in [2.24, 2.45) is 0 Å². The Kier molecular flexibility index (Phi) is 4.84. The van der Waals surface area contributed by atoms with Crippen molar-refractivity contribution in [1.29, 1.82) is 0 Å². The first-order valence-corrected chi connectivity index (χ1v) is 7.47. The number of pyridine rings is 1. The first-order chi connectivity index (χ1) is 11.7. The molecule has 0 fully saturated rings. The number of nitrogens with zero attached hydrogens (tertiary/aromatic N) is 7. The quantitative estimate of drug-likeness (QED) is 0.674. The van der Waals surface area contributed by atoms with Gasteiger partial charge in [-0.25, -0.2) is 4.68 Å². The van der Waals surface area contributed by atoms with E-state index in [1.165, 1.54) is 6.33 Å². The van der Waals surface area contributed by atoms with Crippen LogP contribution < -0.4 is 5.32 Å². The fraction of sp³-hybridized carbons (Fsp3) is 0.357. The third-order valence-electron chi connectivity index (χ3n) is 3.27. The maximum atomic E-state index is 12.0. The predicted molar refractivity (Wildman–Crippen MR) is 81.1 cm³/mol.